The van der Waals surface area contributed by atoms with Crippen molar-refractivity contribution in [1.82, 2.24) is 4.90 Å². The van der Waals surface area contributed by atoms with E-state index < -0.39 is 35.6 Å². The fraction of sp³-hybridized carbons (Fsp3) is 0.514. The standard InChI is InChI=1S/C35H44N2O6/c1-3-5-6-13-23-42-34(41)29-28-18-19-35(43-28)30(29)32(39)37(21-11-7-8-12-22-38)31(35)33(40)36(20-4-2)27-17-16-25-14-9-10-15-26(25)24-27/h3-4,9-10,14-17,24,28-31,38H,1-2,5-8,11-13,18-23H2/t28-,29+,30+,31?,35?/m1/s1. The number of likely N-dealkylation sites (tertiary alicyclic amines) is 1. The Morgan fingerprint density at radius 2 is 1.84 bits per heavy atom. The van der Waals surface area contributed by atoms with Gasteiger partial charge in [0, 0.05) is 25.4 Å². The van der Waals surface area contributed by atoms with Crippen LogP contribution >= 0.6 is 0 Å². The van der Waals surface area contributed by atoms with E-state index in [9.17, 15) is 19.5 Å². The van der Waals surface area contributed by atoms with Crippen molar-refractivity contribution < 1.29 is 29.0 Å². The van der Waals surface area contributed by atoms with Gasteiger partial charge in [-0.15, -0.1) is 13.2 Å². The van der Waals surface area contributed by atoms with Gasteiger partial charge in [-0.25, -0.2) is 0 Å². The van der Waals surface area contributed by atoms with Gasteiger partial charge in [0.05, 0.1) is 24.5 Å². The minimum Gasteiger partial charge on any atom is -0.465 e. The molecule has 2 aromatic carbocycles. The zero-order chi connectivity index (χ0) is 30.4. The molecule has 1 N–H and O–H groups in total. The number of fused-ring (bicyclic) bond motifs is 2. The molecule has 2 amide bonds. The highest BCUT2D eigenvalue weighted by Crippen LogP contribution is 2.59. The van der Waals surface area contributed by atoms with Crippen molar-refractivity contribution in [2.45, 2.75) is 75.5 Å². The summed E-state index contributed by atoms with van der Waals surface area (Å²) in [5.74, 6) is -2.30. The third kappa shape index (κ3) is 6.00. The predicted molar refractivity (Wildman–Crippen MR) is 166 cm³/mol. The molecule has 0 aliphatic carbocycles. The Labute approximate surface area is 254 Å². The topological polar surface area (TPSA) is 96.4 Å². The molecule has 3 heterocycles. The maximum absolute atomic E-state index is 14.7. The number of nitrogens with zero attached hydrogens (tertiary/aromatic N) is 2. The second-order valence-corrected chi connectivity index (χ2v) is 11.9. The highest BCUT2D eigenvalue weighted by Gasteiger charge is 2.75. The van der Waals surface area contributed by atoms with E-state index in [4.69, 9.17) is 9.47 Å². The third-order valence-corrected chi connectivity index (χ3v) is 9.28. The fourth-order valence-electron chi connectivity index (χ4n) is 7.29. The number of esters is 1. The number of aliphatic hydroxyl groups excluding tert-OH is 1. The fourth-order valence-corrected chi connectivity index (χ4v) is 7.29. The van der Waals surface area contributed by atoms with Gasteiger partial charge in [0.15, 0.2) is 0 Å². The summed E-state index contributed by atoms with van der Waals surface area (Å²) in [4.78, 5) is 45.7. The van der Waals surface area contributed by atoms with Gasteiger partial charge in [-0.2, -0.15) is 0 Å². The van der Waals surface area contributed by atoms with E-state index in [0.29, 0.717) is 32.2 Å². The van der Waals surface area contributed by atoms with E-state index in [-0.39, 0.29) is 31.6 Å². The highest BCUT2D eigenvalue weighted by atomic mass is 16.6. The largest absolute Gasteiger partial charge is 0.465 e. The normalized spacial score (nSPS) is 25.6. The minimum absolute atomic E-state index is 0.129. The van der Waals surface area contributed by atoms with Gasteiger partial charge in [0.2, 0.25) is 5.91 Å². The molecule has 5 atom stereocenters. The number of aliphatic hydroxyl groups is 1. The lowest BCUT2D eigenvalue weighted by Crippen LogP contribution is -2.56. The predicted octanol–water partition coefficient (Wildman–Crippen LogP) is 5.19. The summed E-state index contributed by atoms with van der Waals surface area (Å²) >= 11 is 0. The van der Waals surface area contributed by atoms with Crippen molar-refractivity contribution in [3.63, 3.8) is 0 Å². The number of unbranched alkanes of at least 4 members (excludes halogenated alkanes) is 5. The highest BCUT2D eigenvalue weighted by molar-refractivity contribution is 6.05. The molecular formula is C35H44N2O6. The van der Waals surface area contributed by atoms with Crippen molar-refractivity contribution >= 4 is 34.2 Å². The quantitative estimate of drug-likeness (QED) is 0.165. The van der Waals surface area contributed by atoms with E-state index >= 15 is 0 Å². The molecule has 2 unspecified atom stereocenters. The summed E-state index contributed by atoms with van der Waals surface area (Å²) in [6, 6.07) is 13.0. The Morgan fingerprint density at radius 1 is 1.05 bits per heavy atom. The molecule has 43 heavy (non-hydrogen) atoms. The lowest BCUT2D eigenvalue weighted by molar-refractivity contribution is -0.155. The first-order valence-corrected chi connectivity index (χ1v) is 15.7. The van der Waals surface area contributed by atoms with Crippen molar-refractivity contribution in [3.8, 4) is 0 Å². The van der Waals surface area contributed by atoms with Crippen LogP contribution in [-0.2, 0) is 23.9 Å². The first-order valence-electron chi connectivity index (χ1n) is 15.7. The number of carbonyl (C=O) groups excluding carboxylic acids is 3. The second kappa shape index (κ2) is 13.9. The molecule has 0 aromatic heterocycles. The smallest absolute Gasteiger partial charge is 0.312 e. The first-order chi connectivity index (χ1) is 21.0. The van der Waals surface area contributed by atoms with Crippen molar-refractivity contribution in [2.24, 2.45) is 11.8 Å². The number of carbonyl (C=O) groups is 3. The van der Waals surface area contributed by atoms with Crippen LogP contribution in [0.1, 0.15) is 57.8 Å². The molecule has 3 saturated heterocycles. The zero-order valence-electron chi connectivity index (χ0n) is 25.0. The lowest BCUT2D eigenvalue weighted by atomic mass is 9.70. The van der Waals surface area contributed by atoms with Crippen LogP contribution in [-0.4, -0.2) is 71.8 Å². The lowest BCUT2D eigenvalue weighted by Gasteiger charge is -2.37. The minimum atomic E-state index is -1.08. The van der Waals surface area contributed by atoms with Crippen LogP contribution < -0.4 is 4.90 Å². The molecular weight excluding hydrogens is 544 g/mol. The van der Waals surface area contributed by atoms with Crippen LogP contribution in [0.4, 0.5) is 5.69 Å². The van der Waals surface area contributed by atoms with Gasteiger partial charge in [-0.1, -0.05) is 55.3 Å². The number of rotatable bonds is 16. The van der Waals surface area contributed by atoms with Gasteiger partial charge in [0.1, 0.15) is 11.6 Å². The molecule has 5 rings (SSSR count). The number of hydrogen-bond donors (Lipinski definition) is 1. The van der Waals surface area contributed by atoms with E-state index in [1.54, 1.807) is 15.9 Å². The second-order valence-electron chi connectivity index (χ2n) is 11.9. The SMILES string of the molecule is C=CCCCCOC(=O)[C@@H]1[C@H]2C(=O)N(CCCCCCO)C(C(=O)N(CC=C)c3ccc4ccccc4c3)C23CC[C@H]1O3. The number of amides is 2. The molecule has 2 aromatic rings. The van der Waals surface area contributed by atoms with Gasteiger partial charge >= 0.3 is 5.97 Å². The summed E-state index contributed by atoms with van der Waals surface area (Å²) in [5, 5.41) is 11.3. The zero-order valence-corrected chi connectivity index (χ0v) is 25.0. The van der Waals surface area contributed by atoms with E-state index in [0.717, 1.165) is 48.6 Å². The summed E-state index contributed by atoms with van der Waals surface area (Å²) < 4.78 is 12.3. The molecule has 2 bridgehead atoms. The Bertz CT molecular complexity index is 1340. The van der Waals surface area contributed by atoms with Gasteiger partial charge in [0.25, 0.3) is 5.91 Å². The average Bonchev–Trinajstić information content (AvgIpc) is 3.66. The summed E-state index contributed by atoms with van der Waals surface area (Å²) in [7, 11) is 0. The van der Waals surface area contributed by atoms with Crippen molar-refractivity contribution in [2.75, 3.05) is 31.2 Å². The third-order valence-electron chi connectivity index (χ3n) is 9.28. The van der Waals surface area contributed by atoms with Gasteiger partial charge in [-0.3, -0.25) is 14.4 Å². The molecule has 8 nitrogen and oxygen atoms in total. The molecule has 8 heteroatoms. The van der Waals surface area contributed by atoms with Gasteiger partial charge in [-0.05, 0) is 67.9 Å². The molecule has 0 radical (unpaired) electrons. The van der Waals surface area contributed by atoms with Crippen LogP contribution in [0.3, 0.4) is 0 Å². The van der Waals surface area contributed by atoms with E-state index in [1.165, 1.54) is 0 Å². The molecule has 1 spiro atoms. The van der Waals surface area contributed by atoms with E-state index in [1.807, 2.05) is 48.5 Å². The maximum atomic E-state index is 14.7. The Morgan fingerprint density at radius 3 is 2.60 bits per heavy atom. The summed E-state index contributed by atoms with van der Waals surface area (Å²) in [6.07, 6.45) is 9.74. The molecule has 3 fully saturated rings. The maximum Gasteiger partial charge on any atom is 0.312 e. The molecule has 3 aliphatic rings. The van der Waals surface area contributed by atoms with Gasteiger partial charge < -0.3 is 24.4 Å². The van der Waals surface area contributed by atoms with Crippen molar-refractivity contribution in [3.05, 3.63) is 67.8 Å². The summed E-state index contributed by atoms with van der Waals surface area (Å²) in [6.45, 7) is 8.72. The van der Waals surface area contributed by atoms with Crippen LogP contribution in [0.2, 0.25) is 0 Å². The Hall–Kier alpha value is -3.49. The molecule has 0 saturated carbocycles. The number of ether oxygens (including phenoxy) is 2. The molecule has 3 aliphatic heterocycles. The Kier molecular flexibility index (Phi) is 9.98. The monoisotopic (exact) mass is 588 g/mol. The number of anilines is 1. The average molecular weight is 589 g/mol. The van der Waals surface area contributed by atoms with Crippen LogP contribution in [0.15, 0.2) is 67.8 Å². The number of allylic oxidation sites excluding steroid dienone is 1. The van der Waals surface area contributed by atoms with Crippen LogP contribution in [0.25, 0.3) is 10.8 Å². The number of benzene rings is 2. The first kappa shape index (κ1) is 31.0. The molecule has 230 valence electrons. The number of hydrogen-bond acceptors (Lipinski definition) is 6. The van der Waals surface area contributed by atoms with Crippen LogP contribution in [0, 0.1) is 11.8 Å². The van der Waals surface area contributed by atoms with Crippen LogP contribution in [0.5, 0.6) is 0 Å². The van der Waals surface area contributed by atoms with Crippen molar-refractivity contribution in [1.29, 1.82) is 0 Å². The van der Waals surface area contributed by atoms with E-state index in [2.05, 4.69) is 13.2 Å². The summed E-state index contributed by atoms with van der Waals surface area (Å²) in [5.41, 5.74) is -0.353. The Balaban J connectivity index is 1.45.